The zero-order valence-corrected chi connectivity index (χ0v) is 34.5. The van der Waals surface area contributed by atoms with Crippen molar-refractivity contribution < 1.29 is 24.0 Å². The van der Waals surface area contributed by atoms with E-state index in [0.29, 0.717) is 38.5 Å². The Morgan fingerprint density at radius 1 is 0.709 bits per heavy atom. The van der Waals surface area contributed by atoms with Crippen molar-refractivity contribution >= 4 is 29.2 Å². The van der Waals surface area contributed by atoms with Crippen LogP contribution in [0, 0.1) is 29.1 Å². The number of hydrogen-bond donors (Lipinski definition) is 2. The third-order valence-corrected chi connectivity index (χ3v) is 11.5. The van der Waals surface area contributed by atoms with Crippen LogP contribution in [-0.4, -0.2) is 90.8 Å². The van der Waals surface area contributed by atoms with Crippen molar-refractivity contribution in [1.29, 1.82) is 0 Å². The van der Waals surface area contributed by atoms with Crippen LogP contribution < -0.4 is 10.6 Å². The number of likely N-dealkylation sites (N-methyl/N-ethyl adjacent to an activating group) is 1. The first-order chi connectivity index (χ1) is 26.2. The number of piperazine rings is 1. The summed E-state index contributed by atoms with van der Waals surface area (Å²) in [6.45, 7) is 15.0. The van der Waals surface area contributed by atoms with Gasteiger partial charge in [0.05, 0.1) is 12.1 Å². The summed E-state index contributed by atoms with van der Waals surface area (Å²) < 4.78 is 0. The highest BCUT2D eigenvalue weighted by Crippen LogP contribution is 2.47. The molecule has 4 atom stereocenters. The van der Waals surface area contributed by atoms with Gasteiger partial charge in [-0.15, -0.1) is 0 Å². The monoisotopic (exact) mass is 757 g/mol. The summed E-state index contributed by atoms with van der Waals surface area (Å²) >= 11 is 0. The predicted octanol–water partition coefficient (Wildman–Crippen LogP) is 6.47. The van der Waals surface area contributed by atoms with Gasteiger partial charge in [0, 0.05) is 62.7 Å². The second kappa shape index (κ2) is 21.6. The minimum absolute atomic E-state index is 0.0687. The number of ketones is 3. The van der Waals surface area contributed by atoms with E-state index in [4.69, 9.17) is 0 Å². The highest BCUT2D eigenvalue weighted by molar-refractivity contribution is 5.97. The zero-order valence-electron chi connectivity index (χ0n) is 34.5. The van der Waals surface area contributed by atoms with Gasteiger partial charge in [0.15, 0.2) is 11.6 Å². The molecule has 2 aromatic carbocycles. The molecule has 9 nitrogen and oxygen atoms in total. The Hall–Kier alpha value is -3.69. The van der Waals surface area contributed by atoms with Gasteiger partial charge in [-0.2, -0.15) is 0 Å². The fourth-order valence-electron chi connectivity index (χ4n) is 7.68. The normalized spacial score (nSPS) is 18.0. The van der Waals surface area contributed by atoms with Crippen LogP contribution in [0.15, 0.2) is 60.7 Å². The lowest BCUT2D eigenvalue weighted by atomic mass is 9.87. The Morgan fingerprint density at radius 2 is 1.25 bits per heavy atom. The number of nitrogens with one attached hydrogen (secondary N) is 2. The molecule has 2 aromatic rings. The minimum Gasteiger partial charge on any atom is -0.346 e. The van der Waals surface area contributed by atoms with Gasteiger partial charge in [-0.3, -0.25) is 24.0 Å². The van der Waals surface area contributed by atoms with Crippen molar-refractivity contribution in [3.05, 3.63) is 71.8 Å². The second-order valence-corrected chi connectivity index (χ2v) is 17.6. The standard InChI is InChI=1S/C46H68N4O5/c1-33(2)28-40(42(52)32-38(30-36-16-11-8-12-17-36)45(55)48-41(29-34(3)4)43(53)46(5)21-22-46)47-44(54)37(20-19-35-14-9-7-10-15-35)31-39(51)18-13-23-50-26-24-49(6)25-27-50/h7-12,14-17,33-34,37-38,40-41H,13,18-32H2,1-6H3,(H,47,54)(H,48,55)/t37?,38-,40+,41+/m1/s1. The maximum Gasteiger partial charge on any atom is 0.224 e. The number of Topliss-reactive ketones (excluding diaryl/α,β-unsaturated/α-hetero) is 3. The molecular weight excluding hydrogens is 689 g/mol. The van der Waals surface area contributed by atoms with Gasteiger partial charge in [0.2, 0.25) is 11.8 Å². The molecule has 1 saturated carbocycles. The van der Waals surface area contributed by atoms with E-state index < -0.39 is 29.3 Å². The summed E-state index contributed by atoms with van der Waals surface area (Å²) in [6.07, 6.45) is 5.33. The second-order valence-electron chi connectivity index (χ2n) is 17.6. The molecule has 0 spiro atoms. The number of nitrogens with zero attached hydrogens (tertiary/aromatic N) is 2. The molecule has 2 fully saturated rings. The number of carbonyl (C=O) groups is 5. The molecule has 2 amide bonds. The summed E-state index contributed by atoms with van der Waals surface area (Å²) in [5.41, 5.74) is 1.62. The quantitative estimate of drug-likeness (QED) is 0.126. The molecule has 302 valence electrons. The summed E-state index contributed by atoms with van der Waals surface area (Å²) in [5.74, 6) is -1.65. The molecule has 1 aliphatic heterocycles. The van der Waals surface area contributed by atoms with Crippen molar-refractivity contribution in [2.75, 3.05) is 39.8 Å². The van der Waals surface area contributed by atoms with E-state index in [0.717, 1.165) is 63.1 Å². The van der Waals surface area contributed by atoms with E-state index in [9.17, 15) is 24.0 Å². The van der Waals surface area contributed by atoms with E-state index in [2.05, 4.69) is 27.5 Å². The minimum atomic E-state index is -0.802. The molecule has 0 aromatic heterocycles. The molecule has 4 rings (SSSR count). The lowest BCUT2D eigenvalue weighted by molar-refractivity contribution is -0.135. The first-order valence-corrected chi connectivity index (χ1v) is 20.9. The summed E-state index contributed by atoms with van der Waals surface area (Å²) in [4.78, 5) is 74.1. The van der Waals surface area contributed by atoms with E-state index in [1.807, 2.05) is 95.3 Å². The Labute approximate surface area is 330 Å². The average Bonchev–Trinajstić information content (AvgIpc) is 3.91. The molecule has 2 N–H and O–H groups in total. The number of rotatable bonds is 24. The van der Waals surface area contributed by atoms with Crippen LogP contribution in [0.3, 0.4) is 0 Å². The molecule has 2 aliphatic rings. The number of hydrogen-bond acceptors (Lipinski definition) is 7. The van der Waals surface area contributed by atoms with Gasteiger partial charge in [-0.05, 0) is 87.9 Å². The highest BCUT2D eigenvalue weighted by Gasteiger charge is 2.48. The van der Waals surface area contributed by atoms with Crippen molar-refractivity contribution in [3.8, 4) is 0 Å². The van der Waals surface area contributed by atoms with Gasteiger partial charge in [-0.25, -0.2) is 0 Å². The Morgan fingerprint density at radius 3 is 1.84 bits per heavy atom. The predicted molar refractivity (Wildman–Crippen MR) is 219 cm³/mol. The van der Waals surface area contributed by atoms with Crippen LogP contribution in [0.5, 0.6) is 0 Å². The van der Waals surface area contributed by atoms with Crippen molar-refractivity contribution in [3.63, 3.8) is 0 Å². The SMILES string of the molecule is CC(C)C[C@H](NC(=O)C(CCc1ccccc1)CC(=O)CCCN1CCN(C)CC1)C(=O)C[C@@H](Cc1ccccc1)C(=O)N[C@@H](CC(C)C)C(=O)C1(C)CC1. The molecule has 1 saturated heterocycles. The topological polar surface area (TPSA) is 116 Å². The van der Waals surface area contributed by atoms with Gasteiger partial charge in [0.1, 0.15) is 5.78 Å². The number of carbonyl (C=O) groups excluding carboxylic acids is 5. The first kappa shape index (κ1) is 44.0. The summed E-state index contributed by atoms with van der Waals surface area (Å²) in [7, 11) is 2.13. The van der Waals surface area contributed by atoms with E-state index in [-0.39, 0.29) is 53.8 Å². The highest BCUT2D eigenvalue weighted by atomic mass is 16.2. The van der Waals surface area contributed by atoms with Crippen LogP contribution in [0.4, 0.5) is 0 Å². The van der Waals surface area contributed by atoms with Gasteiger partial charge < -0.3 is 20.4 Å². The molecule has 0 bridgehead atoms. The third kappa shape index (κ3) is 15.1. The maximum absolute atomic E-state index is 14.3. The molecule has 1 heterocycles. The van der Waals surface area contributed by atoms with Crippen LogP contribution >= 0.6 is 0 Å². The smallest absolute Gasteiger partial charge is 0.224 e. The maximum atomic E-state index is 14.3. The van der Waals surface area contributed by atoms with Crippen molar-refractivity contribution in [2.45, 2.75) is 117 Å². The van der Waals surface area contributed by atoms with E-state index in [1.165, 1.54) is 0 Å². The Bertz CT molecular complexity index is 1530. The molecule has 55 heavy (non-hydrogen) atoms. The lowest BCUT2D eigenvalue weighted by Crippen LogP contribution is -2.49. The molecule has 0 radical (unpaired) electrons. The number of amides is 2. The number of benzene rings is 2. The Balaban J connectivity index is 1.47. The lowest BCUT2D eigenvalue weighted by Gasteiger charge is -2.32. The van der Waals surface area contributed by atoms with Gasteiger partial charge in [0.25, 0.3) is 0 Å². The van der Waals surface area contributed by atoms with Crippen LogP contribution in [-0.2, 0) is 36.8 Å². The van der Waals surface area contributed by atoms with Gasteiger partial charge >= 0.3 is 0 Å². The fourth-order valence-corrected chi connectivity index (χ4v) is 7.68. The van der Waals surface area contributed by atoms with Crippen molar-refractivity contribution in [1.82, 2.24) is 20.4 Å². The van der Waals surface area contributed by atoms with E-state index >= 15 is 0 Å². The molecule has 1 aliphatic carbocycles. The Kier molecular flexibility index (Phi) is 17.3. The van der Waals surface area contributed by atoms with E-state index in [1.54, 1.807) is 0 Å². The first-order valence-electron chi connectivity index (χ1n) is 20.9. The molecular formula is C46H68N4O5. The largest absolute Gasteiger partial charge is 0.346 e. The number of aryl methyl sites for hydroxylation is 1. The summed E-state index contributed by atoms with van der Waals surface area (Å²) in [6, 6.07) is 18.2. The van der Waals surface area contributed by atoms with Crippen molar-refractivity contribution in [2.24, 2.45) is 29.1 Å². The van der Waals surface area contributed by atoms with Crippen LogP contribution in [0.2, 0.25) is 0 Å². The fraction of sp³-hybridized carbons (Fsp3) is 0.630. The molecule has 1 unspecified atom stereocenters. The average molecular weight is 757 g/mol. The summed E-state index contributed by atoms with van der Waals surface area (Å²) in [5, 5.41) is 6.17. The zero-order chi connectivity index (χ0) is 40.0. The third-order valence-electron chi connectivity index (χ3n) is 11.5. The van der Waals surface area contributed by atoms with Crippen LogP contribution in [0.1, 0.15) is 104 Å². The van der Waals surface area contributed by atoms with Crippen LogP contribution in [0.25, 0.3) is 0 Å². The molecule has 9 heteroatoms. The van der Waals surface area contributed by atoms with Gasteiger partial charge in [-0.1, -0.05) is 95.3 Å².